The van der Waals surface area contributed by atoms with E-state index in [9.17, 15) is 18.0 Å². The summed E-state index contributed by atoms with van der Waals surface area (Å²) in [7, 11) is 0. The average molecular weight is 391 g/mol. The second kappa shape index (κ2) is 5.65. The number of carbonyl (C=O) groups is 1. The molecule has 1 unspecified atom stereocenters. The Labute approximate surface area is 131 Å². The highest BCUT2D eigenvalue weighted by molar-refractivity contribution is 9.10. The van der Waals surface area contributed by atoms with Crippen LogP contribution in [-0.2, 0) is 4.79 Å². The zero-order valence-electron chi connectivity index (χ0n) is 9.75. The minimum absolute atomic E-state index is 0.00518. The predicted molar refractivity (Wildman–Crippen MR) is 75.6 cm³/mol. The number of alkyl halides is 3. The van der Waals surface area contributed by atoms with Crippen LogP contribution < -0.4 is 9.64 Å². The van der Waals surface area contributed by atoms with E-state index in [0.29, 0.717) is 4.47 Å². The smallest absolute Gasteiger partial charge is 0.403 e. The molecule has 0 bridgehead atoms. The Balaban J connectivity index is 2.48. The number of ether oxygens (including phenoxy) is 1. The Morgan fingerprint density at radius 3 is 2.60 bits per heavy atom. The van der Waals surface area contributed by atoms with Crippen LogP contribution in [0.25, 0.3) is 0 Å². The zero-order chi connectivity index (χ0) is 15.1. The van der Waals surface area contributed by atoms with Gasteiger partial charge in [-0.3, -0.25) is 4.79 Å². The maximum Gasteiger partial charge on any atom is 0.573 e. The molecule has 1 amide bonds. The minimum atomic E-state index is -4.87. The molecular formula is C11H8BrClF3NO2S. The van der Waals surface area contributed by atoms with Crippen LogP contribution >= 0.6 is 40.2 Å². The molecule has 1 atom stereocenters. The maximum absolute atomic E-state index is 12.4. The van der Waals surface area contributed by atoms with Crippen molar-refractivity contribution < 1.29 is 22.7 Å². The number of thiol groups is 1. The van der Waals surface area contributed by atoms with Gasteiger partial charge in [0.1, 0.15) is 5.69 Å². The van der Waals surface area contributed by atoms with E-state index in [1.807, 2.05) is 0 Å². The van der Waals surface area contributed by atoms with Crippen LogP contribution in [0.2, 0.25) is 5.02 Å². The van der Waals surface area contributed by atoms with E-state index in [1.165, 1.54) is 6.07 Å². The second-order valence-corrected chi connectivity index (χ2v) is 6.20. The van der Waals surface area contributed by atoms with Crippen molar-refractivity contribution in [3.8, 4) is 5.75 Å². The van der Waals surface area contributed by atoms with Gasteiger partial charge in [-0.25, -0.2) is 0 Å². The summed E-state index contributed by atoms with van der Waals surface area (Å²) in [5.41, 5.74) is -0.0891. The molecule has 1 heterocycles. The Hall–Kier alpha value is -0.600. The van der Waals surface area contributed by atoms with E-state index in [0.717, 1.165) is 11.0 Å². The molecule has 110 valence electrons. The molecule has 0 aliphatic carbocycles. The van der Waals surface area contributed by atoms with Crippen LogP contribution in [0.3, 0.4) is 0 Å². The molecule has 1 aliphatic heterocycles. The average Bonchev–Trinajstić information content (AvgIpc) is 2.54. The van der Waals surface area contributed by atoms with Crippen molar-refractivity contribution in [1.29, 1.82) is 0 Å². The van der Waals surface area contributed by atoms with Crippen molar-refractivity contribution in [2.45, 2.75) is 18.0 Å². The fourth-order valence-corrected chi connectivity index (χ4v) is 3.11. The first-order valence-electron chi connectivity index (χ1n) is 5.40. The zero-order valence-corrected chi connectivity index (χ0v) is 13.0. The number of amides is 1. The summed E-state index contributed by atoms with van der Waals surface area (Å²) in [6.45, 7) is 0.178. The van der Waals surface area contributed by atoms with Gasteiger partial charge in [-0.2, -0.15) is 12.6 Å². The quantitative estimate of drug-likeness (QED) is 0.773. The predicted octanol–water partition coefficient (Wildman–Crippen LogP) is 4.04. The minimum Gasteiger partial charge on any atom is -0.403 e. The van der Waals surface area contributed by atoms with E-state index < -0.39 is 12.1 Å². The van der Waals surface area contributed by atoms with E-state index in [2.05, 4.69) is 33.3 Å². The Kier molecular flexibility index (Phi) is 4.46. The number of carbonyl (C=O) groups excluding carboxylic acids is 1. The van der Waals surface area contributed by atoms with E-state index in [4.69, 9.17) is 11.6 Å². The van der Waals surface area contributed by atoms with Gasteiger partial charge >= 0.3 is 6.36 Å². The third kappa shape index (κ3) is 3.53. The van der Waals surface area contributed by atoms with Crippen molar-refractivity contribution in [2.75, 3.05) is 11.4 Å². The SMILES string of the molecule is O=C1CC(S)CN1c1c(Cl)cc(Br)cc1OC(F)(F)F. The van der Waals surface area contributed by atoms with Crippen LogP contribution in [0, 0.1) is 0 Å². The molecule has 0 radical (unpaired) electrons. The van der Waals surface area contributed by atoms with Gasteiger partial charge in [0.25, 0.3) is 0 Å². The fraction of sp³-hybridized carbons (Fsp3) is 0.364. The van der Waals surface area contributed by atoms with Crippen LogP contribution in [0.5, 0.6) is 5.75 Å². The number of anilines is 1. The van der Waals surface area contributed by atoms with Crippen LogP contribution in [-0.4, -0.2) is 24.1 Å². The Morgan fingerprint density at radius 1 is 1.45 bits per heavy atom. The van der Waals surface area contributed by atoms with E-state index in [1.54, 1.807) is 0 Å². The number of halogens is 5. The highest BCUT2D eigenvalue weighted by Crippen LogP contribution is 2.42. The molecule has 1 fully saturated rings. The number of nitrogens with zero attached hydrogens (tertiary/aromatic N) is 1. The van der Waals surface area contributed by atoms with Gasteiger partial charge in [0.2, 0.25) is 5.91 Å². The van der Waals surface area contributed by atoms with Crippen molar-refractivity contribution in [3.63, 3.8) is 0 Å². The molecular weight excluding hydrogens is 383 g/mol. The summed E-state index contributed by atoms with van der Waals surface area (Å²) in [5, 5.41) is -0.254. The summed E-state index contributed by atoms with van der Waals surface area (Å²) in [5.74, 6) is -0.867. The monoisotopic (exact) mass is 389 g/mol. The van der Waals surface area contributed by atoms with Crippen molar-refractivity contribution in [2.24, 2.45) is 0 Å². The Morgan fingerprint density at radius 2 is 2.10 bits per heavy atom. The lowest BCUT2D eigenvalue weighted by Crippen LogP contribution is -2.27. The number of hydrogen-bond acceptors (Lipinski definition) is 3. The molecule has 0 spiro atoms. The van der Waals surface area contributed by atoms with Crippen molar-refractivity contribution in [1.82, 2.24) is 0 Å². The molecule has 9 heteroatoms. The normalized spacial score (nSPS) is 19.6. The lowest BCUT2D eigenvalue weighted by atomic mass is 10.2. The molecule has 1 aromatic rings. The summed E-state index contributed by atoms with van der Waals surface area (Å²) in [4.78, 5) is 13.0. The first-order valence-corrected chi connectivity index (χ1v) is 7.09. The molecule has 0 aromatic heterocycles. The van der Waals surface area contributed by atoms with Crippen LogP contribution in [0.1, 0.15) is 6.42 Å². The largest absolute Gasteiger partial charge is 0.573 e. The van der Waals surface area contributed by atoms with Gasteiger partial charge in [-0.05, 0) is 12.1 Å². The summed E-state index contributed by atoms with van der Waals surface area (Å²) in [6, 6.07) is 2.52. The third-order valence-corrected chi connectivity index (χ3v) is 3.69. The summed E-state index contributed by atoms with van der Waals surface area (Å²) in [6.07, 6.45) is -4.73. The van der Waals surface area contributed by atoms with Gasteiger partial charge in [-0.1, -0.05) is 27.5 Å². The molecule has 1 saturated heterocycles. The van der Waals surface area contributed by atoms with Gasteiger partial charge < -0.3 is 9.64 Å². The highest BCUT2D eigenvalue weighted by atomic mass is 79.9. The van der Waals surface area contributed by atoms with E-state index >= 15 is 0 Å². The first kappa shape index (κ1) is 15.8. The fourth-order valence-electron chi connectivity index (χ4n) is 1.91. The summed E-state index contributed by atoms with van der Waals surface area (Å²) < 4.78 is 41.6. The van der Waals surface area contributed by atoms with Crippen molar-refractivity contribution in [3.05, 3.63) is 21.6 Å². The van der Waals surface area contributed by atoms with Crippen molar-refractivity contribution >= 4 is 51.8 Å². The highest BCUT2D eigenvalue weighted by Gasteiger charge is 2.37. The number of hydrogen-bond donors (Lipinski definition) is 1. The Bertz CT molecular complexity index is 555. The van der Waals surface area contributed by atoms with Gasteiger partial charge in [0.15, 0.2) is 5.75 Å². The standard InChI is InChI=1S/C11H8BrClF3NO2S/c12-5-1-7(13)10(8(2-5)19-11(14,15)16)17-4-6(20)3-9(17)18/h1-2,6,20H,3-4H2. The molecule has 0 saturated carbocycles. The lowest BCUT2D eigenvalue weighted by Gasteiger charge is -2.22. The van der Waals surface area contributed by atoms with Gasteiger partial charge in [-0.15, -0.1) is 13.2 Å². The maximum atomic E-state index is 12.4. The topological polar surface area (TPSA) is 29.5 Å². The molecule has 3 nitrogen and oxygen atoms in total. The molecule has 0 N–H and O–H groups in total. The van der Waals surface area contributed by atoms with E-state index in [-0.39, 0.29) is 34.8 Å². The van der Waals surface area contributed by atoms with Gasteiger partial charge in [0.05, 0.1) is 5.02 Å². The number of rotatable bonds is 2. The van der Waals surface area contributed by atoms with Crippen LogP contribution in [0.15, 0.2) is 16.6 Å². The second-order valence-electron chi connectivity index (χ2n) is 4.14. The summed E-state index contributed by atoms with van der Waals surface area (Å²) >= 11 is 13.2. The molecule has 1 aliphatic rings. The number of benzene rings is 1. The molecule has 20 heavy (non-hydrogen) atoms. The molecule has 1 aromatic carbocycles. The van der Waals surface area contributed by atoms with Gasteiger partial charge in [0, 0.05) is 22.7 Å². The molecule has 2 rings (SSSR count). The van der Waals surface area contributed by atoms with Crippen LogP contribution in [0.4, 0.5) is 18.9 Å². The first-order chi connectivity index (χ1) is 9.17. The third-order valence-electron chi connectivity index (χ3n) is 2.59. The lowest BCUT2D eigenvalue weighted by molar-refractivity contribution is -0.274.